The van der Waals surface area contributed by atoms with E-state index in [1.165, 1.54) is 4.90 Å². The van der Waals surface area contributed by atoms with Crippen molar-refractivity contribution in [2.75, 3.05) is 24.7 Å². The first-order valence-electron chi connectivity index (χ1n) is 16.3. The summed E-state index contributed by atoms with van der Waals surface area (Å²) in [6, 6.07) is 13.4. The molecule has 5 bridgehead atoms. The SMILES string of the molecule is CC[C@H](C)[C@H](CO)N1C(=O)[C@H]2[C@@H]3C(=O)N[C@H](c4ccccc4)COC(=O)CC/C=C\CN(c4ccc(Cl)cc4)C(=O)[C@H]1[C@@]21C=C(Br)[C@@H]3O1. The summed E-state index contributed by atoms with van der Waals surface area (Å²) in [7, 11) is 0. The number of esters is 1. The number of nitrogens with zero attached hydrogens (tertiary/aromatic N) is 2. The maximum Gasteiger partial charge on any atom is 0.306 e. The highest BCUT2D eigenvalue weighted by Crippen LogP contribution is 2.59. The van der Waals surface area contributed by atoms with Crippen LogP contribution in [0.15, 0.2) is 77.3 Å². The van der Waals surface area contributed by atoms with Crippen LogP contribution < -0.4 is 10.2 Å². The van der Waals surface area contributed by atoms with Crippen molar-refractivity contribution in [3.8, 4) is 0 Å². The average Bonchev–Trinajstić information content (AvgIpc) is 3.68. The second-order valence-corrected chi connectivity index (χ2v) is 14.2. The number of carbonyl (C=O) groups is 4. The minimum absolute atomic E-state index is 0.102. The van der Waals surface area contributed by atoms with Crippen molar-refractivity contribution in [2.24, 2.45) is 17.8 Å². The molecule has 12 heteroatoms. The van der Waals surface area contributed by atoms with E-state index < -0.39 is 65.4 Å². The number of aliphatic hydroxyl groups is 1. The van der Waals surface area contributed by atoms with Crippen LogP contribution in [0.5, 0.6) is 0 Å². The smallest absolute Gasteiger partial charge is 0.306 e. The number of aliphatic hydroxyl groups excluding tert-OH is 1. The number of hydrogen-bond donors (Lipinski definition) is 2. The van der Waals surface area contributed by atoms with Gasteiger partial charge in [-0.2, -0.15) is 0 Å². The molecule has 1 spiro atoms. The van der Waals surface area contributed by atoms with E-state index in [4.69, 9.17) is 21.1 Å². The Morgan fingerprint density at radius 2 is 1.79 bits per heavy atom. The molecule has 4 aliphatic rings. The largest absolute Gasteiger partial charge is 0.463 e. The number of amides is 3. The number of cyclic esters (lactones) is 1. The lowest BCUT2D eigenvalue weighted by Crippen LogP contribution is -2.59. The first-order chi connectivity index (χ1) is 23.1. The molecule has 0 radical (unpaired) electrons. The van der Waals surface area contributed by atoms with Gasteiger partial charge in [0.25, 0.3) is 5.91 Å². The summed E-state index contributed by atoms with van der Waals surface area (Å²) < 4.78 is 12.9. The molecule has 2 fully saturated rings. The molecule has 0 saturated carbocycles. The summed E-state index contributed by atoms with van der Waals surface area (Å²) in [5.41, 5.74) is -0.219. The second-order valence-electron chi connectivity index (χ2n) is 12.8. The van der Waals surface area contributed by atoms with E-state index in [2.05, 4.69) is 21.2 Å². The van der Waals surface area contributed by atoms with Gasteiger partial charge in [0.2, 0.25) is 11.8 Å². The number of hydrogen-bond acceptors (Lipinski definition) is 7. The van der Waals surface area contributed by atoms with Crippen molar-refractivity contribution in [1.29, 1.82) is 0 Å². The number of anilines is 1. The number of allylic oxidation sites excluding steroid dienone is 1. The highest BCUT2D eigenvalue weighted by Gasteiger charge is 2.75. The number of carbonyl (C=O) groups excluding carboxylic acids is 4. The first kappa shape index (κ1) is 34.4. The Morgan fingerprint density at radius 1 is 1.06 bits per heavy atom. The lowest BCUT2D eigenvalue weighted by atomic mass is 9.74. The molecule has 254 valence electrons. The minimum atomic E-state index is -1.49. The minimum Gasteiger partial charge on any atom is -0.463 e. The Morgan fingerprint density at radius 3 is 2.48 bits per heavy atom. The molecule has 4 heterocycles. The van der Waals surface area contributed by atoms with E-state index in [9.17, 15) is 19.5 Å². The van der Waals surface area contributed by atoms with Crippen LogP contribution in [0.2, 0.25) is 5.02 Å². The number of likely N-dealkylation sites (tertiary alicyclic amines) is 1. The van der Waals surface area contributed by atoms with E-state index in [1.807, 2.05) is 50.3 Å². The zero-order valence-electron chi connectivity index (χ0n) is 26.8. The second kappa shape index (κ2) is 14.2. The number of nitrogens with one attached hydrogen (secondary N) is 1. The Bertz CT molecular complexity index is 1620. The first-order valence-corrected chi connectivity index (χ1v) is 17.5. The monoisotopic (exact) mass is 739 g/mol. The number of fused-ring (bicyclic) bond motifs is 2. The van der Waals surface area contributed by atoms with Crippen LogP contribution >= 0.6 is 27.5 Å². The fraction of sp³-hybridized carbons (Fsp3) is 0.444. The molecule has 3 amide bonds. The third kappa shape index (κ3) is 6.10. The fourth-order valence-electron chi connectivity index (χ4n) is 7.42. The Kier molecular flexibility index (Phi) is 10.1. The van der Waals surface area contributed by atoms with Gasteiger partial charge < -0.3 is 29.7 Å². The van der Waals surface area contributed by atoms with E-state index >= 15 is 4.79 Å². The van der Waals surface area contributed by atoms with Crippen molar-refractivity contribution < 1.29 is 33.8 Å². The van der Waals surface area contributed by atoms with E-state index in [0.717, 1.165) is 5.56 Å². The van der Waals surface area contributed by atoms with Crippen molar-refractivity contribution >= 4 is 56.9 Å². The molecule has 2 aromatic rings. The van der Waals surface area contributed by atoms with Crippen molar-refractivity contribution in [2.45, 2.75) is 62.9 Å². The quantitative estimate of drug-likeness (QED) is 0.325. The van der Waals surface area contributed by atoms with Gasteiger partial charge in [-0.3, -0.25) is 19.2 Å². The Labute approximate surface area is 293 Å². The highest BCUT2D eigenvalue weighted by molar-refractivity contribution is 9.11. The van der Waals surface area contributed by atoms with Gasteiger partial charge in [-0.05, 0) is 48.2 Å². The maximum absolute atomic E-state index is 15.1. The third-order valence-electron chi connectivity index (χ3n) is 10.0. The molecule has 0 unspecified atom stereocenters. The van der Waals surface area contributed by atoms with Crippen molar-refractivity contribution in [1.82, 2.24) is 10.2 Å². The van der Waals surface area contributed by atoms with Crippen LogP contribution in [0.3, 0.4) is 0 Å². The van der Waals surface area contributed by atoms with Gasteiger partial charge in [0, 0.05) is 28.2 Å². The summed E-state index contributed by atoms with van der Waals surface area (Å²) in [5.74, 6) is -3.97. The molecule has 4 aliphatic heterocycles. The van der Waals surface area contributed by atoms with Crippen LogP contribution in [0.4, 0.5) is 5.69 Å². The molecular weight excluding hydrogens is 702 g/mol. The van der Waals surface area contributed by atoms with Crippen LogP contribution in [-0.4, -0.2) is 77.2 Å². The maximum atomic E-state index is 15.1. The molecule has 6 rings (SSSR count). The van der Waals surface area contributed by atoms with Crippen molar-refractivity contribution in [3.63, 3.8) is 0 Å². The van der Waals surface area contributed by atoms with E-state index in [0.29, 0.717) is 28.0 Å². The van der Waals surface area contributed by atoms with Gasteiger partial charge in [0.05, 0.1) is 30.5 Å². The molecule has 2 aromatic carbocycles. The Hall–Kier alpha value is -3.51. The fourth-order valence-corrected chi connectivity index (χ4v) is 8.28. The standard InChI is InChI=1S/C36H39BrClN3O7/c1-3-21(2)27(19-42)41-32-35(46)40(24-15-13-23(38)14-16-24)17-9-5-8-12-28(43)47-20-26(22-10-6-4-7-11-22)39-33(44)29-30(34(41)45)36(32)18-25(37)31(29)48-36/h4-7,9-11,13-16,18,21,26-27,29-32,42H,3,8,12,17,19-20H2,1-2H3,(H,39,44)/b9-5-/t21-,26-,27-,29-,30+,31-,32-,36+/m0/s1. The summed E-state index contributed by atoms with van der Waals surface area (Å²) in [5, 5.41) is 14.3. The topological polar surface area (TPSA) is 125 Å². The predicted octanol–water partition coefficient (Wildman–Crippen LogP) is 4.70. The molecule has 2 N–H and O–H groups in total. The van der Waals surface area contributed by atoms with Crippen LogP contribution in [0, 0.1) is 17.8 Å². The van der Waals surface area contributed by atoms with E-state index in [1.54, 1.807) is 41.3 Å². The lowest BCUT2D eigenvalue weighted by molar-refractivity contribution is -0.147. The number of halogens is 2. The van der Waals surface area contributed by atoms with Gasteiger partial charge in [-0.25, -0.2) is 0 Å². The molecule has 10 nitrogen and oxygen atoms in total. The lowest BCUT2D eigenvalue weighted by Gasteiger charge is -2.40. The summed E-state index contributed by atoms with van der Waals surface area (Å²) in [4.78, 5) is 60.0. The summed E-state index contributed by atoms with van der Waals surface area (Å²) >= 11 is 9.81. The Balaban J connectivity index is 1.49. The third-order valence-corrected chi connectivity index (χ3v) is 11.0. The summed E-state index contributed by atoms with van der Waals surface area (Å²) in [6.45, 7) is 3.54. The normalized spacial score (nSPS) is 31.2. The molecule has 8 atom stereocenters. The zero-order valence-corrected chi connectivity index (χ0v) is 29.1. The zero-order chi connectivity index (χ0) is 34.2. The van der Waals surface area contributed by atoms with Crippen LogP contribution in [0.1, 0.15) is 44.7 Å². The summed E-state index contributed by atoms with van der Waals surface area (Å²) in [6.07, 6.45) is 5.66. The van der Waals surface area contributed by atoms with Crippen molar-refractivity contribution in [3.05, 3.63) is 87.9 Å². The van der Waals surface area contributed by atoms with Gasteiger partial charge in [0.15, 0.2) is 0 Å². The van der Waals surface area contributed by atoms with Gasteiger partial charge in [-0.15, -0.1) is 0 Å². The number of ether oxygens (including phenoxy) is 2. The number of rotatable bonds is 6. The molecule has 2 saturated heterocycles. The predicted molar refractivity (Wildman–Crippen MR) is 183 cm³/mol. The molecule has 0 aromatic heterocycles. The molecular formula is C36H39BrClN3O7. The van der Waals surface area contributed by atoms with Gasteiger partial charge in [-0.1, -0.05) is 90.3 Å². The number of benzene rings is 2. The molecule has 48 heavy (non-hydrogen) atoms. The van der Waals surface area contributed by atoms with Gasteiger partial charge in [0.1, 0.15) is 24.4 Å². The average molecular weight is 741 g/mol. The van der Waals surface area contributed by atoms with Crippen LogP contribution in [-0.2, 0) is 28.7 Å². The highest BCUT2D eigenvalue weighted by atomic mass is 79.9. The molecule has 0 aliphatic carbocycles. The van der Waals surface area contributed by atoms with E-state index in [-0.39, 0.29) is 32.1 Å². The van der Waals surface area contributed by atoms with Gasteiger partial charge >= 0.3 is 5.97 Å². The van der Waals surface area contributed by atoms with Crippen LogP contribution in [0.25, 0.3) is 0 Å².